The van der Waals surface area contributed by atoms with Gasteiger partial charge in [0.25, 0.3) is 5.91 Å². The molecule has 0 aromatic heterocycles. The SMILES string of the molecule is CCN(C(=O)c1ccccc1C(F)(F)F)C1CCCCC1. The van der Waals surface area contributed by atoms with E-state index in [-0.39, 0.29) is 11.6 Å². The van der Waals surface area contributed by atoms with Gasteiger partial charge in [-0.15, -0.1) is 0 Å². The zero-order valence-electron chi connectivity index (χ0n) is 12.1. The van der Waals surface area contributed by atoms with Crippen molar-refractivity contribution in [1.29, 1.82) is 0 Å². The Kier molecular flexibility index (Phi) is 4.91. The first-order chi connectivity index (χ1) is 9.95. The van der Waals surface area contributed by atoms with Crippen LogP contribution < -0.4 is 0 Å². The minimum atomic E-state index is -4.50. The Labute approximate surface area is 122 Å². The van der Waals surface area contributed by atoms with Gasteiger partial charge in [-0.3, -0.25) is 4.79 Å². The Morgan fingerprint density at radius 3 is 2.38 bits per heavy atom. The monoisotopic (exact) mass is 299 g/mol. The smallest absolute Gasteiger partial charge is 0.336 e. The number of rotatable bonds is 3. The molecule has 1 saturated carbocycles. The molecule has 0 heterocycles. The van der Waals surface area contributed by atoms with Crippen LogP contribution in [0.3, 0.4) is 0 Å². The Morgan fingerprint density at radius 1 is 1.19 bits per heavy atom. The van der Waals surface area contributed by atoms with Gasteiger partial charge in [0.1, 0.15) is 0 Å². The summed E-state index contributed by atoms with van der Waals surface area (Å²) in [5.74, 6) is -0.502. The highest BCUT2D eigenvalue weighted by Crippen LogP contribution is 2.33. The standard InChI is InChI=1S/C16H20F3NO/c1-2-20(12-8-4-3-5-9-12)15(21)13-10-6-7-11-14(13)16(17,18)19/h6-7,10-12H,2-5,8-9H2,1H3. The number of nitrogens with zero attached hydrogens (tertiary/aromatic N) is 1. The molecule has 0 N–H and O–H groups in total. The van der Waals surface area contributed by atoms with Crippen LogP contribution in [-0.2, 0) is 6.18 Å². The van der Waals surface area contributed by atoms with Crippen molar-refractivity contribution in [2.75, 3.05) is 6.54 Å². The number of carbonyl (C=O) groups excluding carboxylic acids is 1. The van der Waals surface area contributed by atoms with Crippen LogP contribution in [0.4, 0.5) is 13.2 Å². The average Bonchev–Trinajstić information content (AvgIpc) is 2.48. The summed E-state index contributed by atoms with van der Waals surface area (Å²) in [6.45, 7) is 2.26. The van der Waals surface area contributed by atoms with Crippen LogP contribution in [0.15, 0.2) is 24.3 Å². The summed E-state index contributed by atoms with van der Waals surface area (Å²) in [6, 6.07) is 5.12. The van der Waals surface area contributed by atoms with E-state index in [2.05, 4.69) is 0 Å². The van der Waals surface area contributed by atoms with E-state index in [0.29, 0.717) is 6.54 Å². The van der Waals surface area contributed by atoms with Crippen molar-refractivity contribution in [1.82, 2.24) is 4.90 Å². The predicted molar refractivity (Wildman–Crippen MR) is 75.0 cm³/mol. The molecule has 0 saturated heterocycles. The molecule has 1 amide bonds. The molecule has 0 bridgehead atoms. The predicted octanol–water partition coefficient (Wildman–Crippen LogP) is 4.50. The summed E-state index contributed by atoms with van der Waals surface area (Å²) < 4.78 is 39.1. The van der Waals surface area contributed by atoms with E-state index in [1.165, 1.54) is 18.2 Å². The molecule has 1 aromatic carbocycles. The Morgan fingerprint density at radius 2 is 1.81 bits per heavy atom. The highest BCUT2D eigenvalue weighted by atomic mass is 19.4. The summed E-state index contributed by atoms with van der Waals surface area (Å²) in [6.07, 6.45) is 0.478. The van der Waals surface area contributed by atoms with Crippen molar-refractivity contribution in [2.45, 2.75) is 51.2 Å². The van der Waals surface area contributed by atoms with Gasteiger partial charge in [-0.05, 0) is 31.9 Å². The van der Waals surface area contributed by atoms with E-state index < -0.39 is 17.6 Å². The third kappa shape index (κ3) is 3.57. The van der Waals surface area contributed by atoms with E-state index in [9.17, 15) is 18.0 Å². The maximum absolute atomic E-state index is 13.0. The minimum absolute atomic E-state index is 0.0672. The minimum Gasteiger partial charge on any atom is -0.336 e. The fourth-order valence-electron chi connectivity index (χ4n) is 3.03. The lowest BCUT2D eigenvalue weighted by molar-refractivity contribution is -0.138. The van der Waals surface area contributed by atoms with E-state index in [1.807, 2.05) is 6.92 Å². The zero-order chi connectivity index (χ0) is 15.5. The van der Waals surface area contributed by atoms with Gasteiger partial charge < -0.3 is 4.90 Å². The lowest BCUT2D eigenvalue weighted by Crippen LogP contribution is -2.42. The normalized spacial score (nSPS) is 16.8. The fourth-order valence-corrected chi connectivity index (χ4v) is 3.03. The summed E-state index contributed by atoms with van der Waals surface area (Å²) in [7, 11) is 0. The summed E-state index contributed by atoms with van der Waals surface area (Å²) in [5.41, 5.74) is -1.08. The van der Waals surface area contributed by atoms with Gasteiger partial charge >= 0.3 is 6.18 Å². The molecule has 21 heavy (non-hydrogen) atoms. The van der Waals surface area contributed by atoms with Gasteiger partial charge in [-0.1, -0.05) is 31.4 Å². The highest BCUT2D eigenvalue weighted by Gasteiger charge is 2.36. The van der Waals surface area contributed by atoms with Crippen molar-refractivity contribution in [3.8, 4) is 0 Å². The van der Waals surface area contributed by atoms with Gasteiger partial charge in [0.15, 0.2) is 0 Å². The van der Waals surface area contributed by atoms with E-state index in [0.717, 1.165) is 38.2 Å². The van der Waals surface area contributed by atoms with Crippen LogP contribution in [0.1, 0.15) is 54.9 Å². The van der Waals surface area contributed by atoms with Crippen molar-refractivity contribution in [3.05, 3.63) is 35.4 Å². The maximum atomic E-state index is 13.0. The van der Waals surface area contributed by atoms with Crippen molar-refractivity contribution >= 4 is 5.91 Å². The second-order valence-corrected chi connectivity index (χ2v) is 5.43. The first-order valence-corrected chi connectivity index (χ1v) is 7.42. The molecule has 5 heteroatoms. The molecule has 0 atom stereocenters. The third-order valence-corrected chi connectivity index (χ3v) is 4.08. The van der Waals surface area contributed by atoms with Gasteiger partial charge in [-0.2, -0.15) is 13.2 Å². The number of carbonyl (C=O) groups is 1. The maximum Gasteiger partial charge on any atom is 0.417 e. The van der Waals surface area contributed by atoms with Crippen LogP contribution in [0.2, 0.25) is 0 Å². The average molecular weight is 299 g/mol. The number of amides is 1. The van der Waals surface area contributed by atoms with E-state index in [4.69, 9.17) is 0 Å². The Hall–Kier alpha value is -1.52. The quantitative estimate of drug-likeness (QED) is 0.804. The first kappa shape index (κ1) is 15.9. The highest BCUT2D eigenvalue weighted by molar-refractivity contribution is 5.96. The molecule has 0 unspecified atom stereocenters. The second kappa shape index (κ2) is 6.50. The summed E-state index contributed by atoms with van der Waals surface area (Å²) >= 11 is 0. The molecule has 2 nitrogen and oxygen atoms in total. The topological polar surface area (TPSA) is 20.3 Å². The molecule has 0 radical (unpaired) electrons. The number of alkyl halides is 3. The van der Waals surface area contributed by atoms with Crippen LogP contribution in [0.25, 0.3) is 0 Å². The van der Waals surface area contributed by atoms with Gasteiger partial charge in [0.05, 0.1) is 11.1 Å². The summed E-state index contributed by atoms with van der Waals surface area (Å²) in [4.78, 5) is 14.2. The number of hydrogen-bond donors (Lipinski definition) is 0. The van der Waals surface area contributed by atoms with Gasteiger partial charge in [0.2, 0.25) is 0 Å². The summed E-state index contributed by atoms with van der Waals surface area (Å²) in [5, 5.41) is 0. The van der Waals surface area contributed by atoms with Crippen LogP contribution in [0.5, 0.6) is 0 Å². The lowest BCUT2D eigenvalue weighted by Gasteiger charge is -2.34. The van der Waals surface area contributed by atoms with E-state index in [1.54, 1.807) is 4.90 Å². The van der Waals surface area contributed by atoms with Crippen molar-refractivity contribution < 1.29 is 18.0 Å². The largest absolute Gasteiger partial charge is 0.417 e. The molecule has 1 aliphatic rings. The van der Waals surface area contributed by atoms with Gasteiger partial charge in [0, 0.05) is 12.6 Å². The number of hydrogen-bond acceptors (Lipinski definition) is 1. The van der Waals surface area contributed by atoms with Crippen molar-refractivity contribution in [3.63, 3.8) is 0 Å². The molecule has 0 spiro atoms. The van der Waals surface area contributed by atoms with Gasteiger partial charge in [-0.25, -0.2) is 0 Å². The van der Waals surface area contributed by atoms with Crippen LogP contribution in [0, 0.1) is 0 Å². The Bertz CT molecular complexity index is 493. The molecule has 2 rings (SSSR count). The molecule has 0 aliphatic heterocycles. The molecule has 116 valence electrons. The number of halogens is 3. The fraction of sp³-hybridized carbons (Fsp3) is 0.562. The molecule has 1 aromatic rings. The third-order valence-electron chi connectivity index (χ3n) is 4.08. The second-order valence-electron chi connectivity index (χ2n) is 5.43. The van der Waals surface area contributed by atoms with Crippen molar-refractivity contribution in [2.24, 2.45) is 0 Å². The molecule has 1 aliphatic carbocycles. The van der Waals surface area contributed by atoms with Crippen LogP contribution >= 0.6 is 0 Å². The Balaban J connectivity index is 2.29. The molecular weight excluding hydrogens is 279 g/mol. The van der Waals surface area contributed by atoms with E-state index >= 15 is 0 Å². The molecular formula is C16H20F3NO. The van der Waals surface area contributed by atoms with Crippen LogP contribution in [-0.4, -0.2) is 23.4 Å². The zero-order valence-corrected chi connectivity index (χ0v) is 12.1. The lowest BCUT2D eigenvalue weighted by atomic mass is 9.93. The first-order valence-electron chi connectivity index (χ1n) is 7.42. The molecule has 1 fully saturated rings. The number of benzene rings is 1.